The van der Waals surface area contributed by atoms with Crippen molar-refractivity contribution < 1.29 is 24.1 Å². The van der Waals surface area contributed by atoms with Gasteiger partial charge in [-0.25, -0.2) is 0 Å². The van der Waals surface area contributed by atoms with E-state index in [4.69, 9.17) is 42.5 Å². The molecule has 1 saturated heterocycles. The molecular formula is C20H21Cl2NO5S. The van der Waals surface area contributed by atoms with Gasteiger partial charge < -0.3 is 19.3 Å². The molecule has 0 radical (unpaired) electrons. The fourth-order valence-electron chi connectivity index (χ4n) is 2.81. The molecule has 1 aliphatic heterocycles. The Kier molecular flexibility index (Phi) is 7.77. The molecular weight excluding hydrogens is 437 g/mol. The minimum atomic E-state index is -0.866. The maximum atomic E-state index is 11.2. The second-order valence-electron chi connectivity index (χ2n) is 6.16. The molecule has 2 aromatic carbocycles. The van der Waals surface area contributed by atoms with Gasteiger partial charge in [0.25, 0.3) is 0 Å². The van der Waals surface area contributed by atoms with Crippen molar-refractivity contribution in [1.82, 2.24) is 5.32 Å². The molecule has 0 aliphatic carbocycles. The van der Waals surface area contributed by atoms with Gasteiger partial charge in [-0.15, -0.1) is 11.8 Å². The summed E-state index contributed by atoms with van der Waals surface area (Å²) in [6, 6.07) is 10.2. The van der Waals surface area contributed by atoms with Crippen molar-refractivity contribution in [2.45, 2.75) is 18.3 Å². The van der Waals surface area contributed by atoms with E-state index in [9.17, 15) is 4.79 Å². The van der Waals surface area contributed by atoms with Gasteiger partial charge in [0, 0.05) is 5.75 Å². The Bertz CT molecular complexity index is 867. The Morgan fingerprint density at radius 1 is 1.14 bits per heavy atom. The maximum absolute atomic E-state index is 11.2. The van der Waals surface area contributed by atoms with Gasteiger partial charge in [-0.05, 0) is 36.8 Å². The van der Waals surface area contributed by atoms with E-state index in [1.54, 1.807) is 18.2 Å². The molecule has 0 saturated carbocycles. The molecule has 156 valence electrons. The van der Waals surface area contributed by atoms with E-state index in [0.29, 0.717) is 39.7 Å². The van der Waals surface area contributed by atoms with Crippen LogP contribution in [0.3, 0.4) is 0 Å². The smallest absolute Gasteiger partial charge is 0.321 e. The first kappa shape index (κ1) is 21.9. The molecule has 0 aromatic heterocycles. The van der Waals surface area contributed by atoms with E-state index < -0.39 is 12.0 Å². The monoisotopic (exact) mass is 457 g/mol. The quantitative estimate of drug-likeness (QED) is 0.531. The molecule has 2 aromatic rings. The third-order valence-corrected chi connectivity index (χ3v) is 6.00. The van der Waals surface area contributed by atoms with Crippen LogP contribution in [0.2, 0.25) is 10.0 Å². The number of halogens is 2. The van der Waals surface area contributed by atoms with Crippen molar-refractivity contribution in [1.29, 1.82) is 0 Å². The number of hydrogen-bond acceptors (Lipinski definition) is 6. The van der Waals surface area contributed by atoms with Crippen LogP contribution < -0.4 is 19.5 Å². The number of hydrogen-bond donors (Lipinski definition) is 2. The molecule has 2 unspecified atom stereocenters. The highest BCUT2D eigenvalue weighted by Gasteiger charge is 2.31. The summed E-state index contributed by atoms with van der Waals surface area (Å²) in [6.45, 7) is 2.85. The Morgan fingerprint density at radius 2 is 1.90 bits per heavy atom. The first-order valence-electron chi connectivity index (χ1n) is 9.06. The first-order chi connectivity index (χ1) is 14.0. The summed E-state index contributed by atoms with van der Waals surface area (Å²) in [7, 11) is 0. The number of rotatable bonds is 9. The van der Waals surface area contributed by atoms with Crippen LogP contribution in [0.15, 0.2) is 36.4 Å². The van der Waals surface area contributed by atoms with E-state index in [0.717, 1.165) is 5.56 Å². The number of thioether (sulfide) groups is 1. The van der Waals surface area contributed by atoms with Crippen molar-refractivity contribution in [2.75, 3.05) is 25.6 Å². The van der Waals surface area contributed by atoms with Crippen molar-refractivity contribution in [3.63, 3.8) is 0 Å². The van der Waals surface area contributed by atoms with Crippen LogP contribution in [0.5, 0.6) is 17.2 Å². The SMILES string of the molecule is CCOc1cc(C2NC(C(=O)O)CS2)cc(Cl)c1OCCOc1ccccc1Cl. The molecule has 6 nitrogen and oxygen atoms in total. The van der Waals surface area contributed by atoms with Crippen LogP contribution in [0.1, 0.15) is 17.9 Å². The van der Waals surface area contributed by atoms with Crippen molar-refractivity contribution in [3.8, 4) is 17.2 Å². The second kappa shape index (κ2) is 10.3. The predicted molar refractivity (Wildman–Crippen MR) is 115 cm³/mol. The molecule has 9 heteroatoms. The number of ether oxygens (including phenoxy) is 3. The Hall–Kier alpha value is -1.80. The Morgan fingerprint density at radius 3 is 2.59 bits per heavy atom. The number of carbonyl (C=O) groups is 1. The van der Waals surface area contributed by atoms with Gasteiger partial charge in [0.15, 0.2) is 11.5 Å². The van der Waals surface area contributed by atoms with Gasteiger partial charge in [-0.3, -0.25) is 10.1 Å². The molecule has 3 rings (SSSR count). The molecule has 0 amide bonds. The van der Waals surface area contributed by atoms with E-state index in [2.05, 4.69) is 5.32 Å². The topological polar surface area (TPSA) is 77.0 Å². The summed E-state index contributed by atoms with van der Waals surface area (Å²) in [5.74, 6) is 1.14. The molecule has 2 N–H and O–H groups in total. The molecule has 2 atom stereocenters. The third-order valence-electron chi connectivity index (χ3n) is 4.14. The normalized spacial score (nSPS) is 18.4. The Labute approximate surface area is 183 Å². The van der Waals surface area contributed by atoms with Crippen LogP contribution in [-0.4, -0.2) is 42.7 Å². The lowest BCUT2D eigenvalue weighted by molar-refractivity contribution is -0.138. The van der Waals surface area contributed by atoms with E-state index >= 15 is 0 Å². The van der Waals surface area contributed by atoms with Gasteiger partial charge in [0.2, 0.25) is 0 Å². The van der Waals surface area contributed by atoms with Gasteiger partial charge in [-0.2, -0.15) is 0 Å². The zero-order chi connectivity index (χ0) is 20.8. The summed E-state index contributed by atoms with van der Waals surface area (Å²) in [5, 5.41) is 13.0. The van der Waals surface area contributed by atoms with E-state index in [1.165, 1.54) is 11.8 Å². The largest absolute Gasteiger partial charge is 0.490 e. The van der Waals surface area contributed by atoms with Crippen LogP contribution in [0, 0.1) is 0 Å². The summed E-state index contributed by atoms with van der Waals surface area (Å²) >= 11 is 14.0. The molecule has 0 bridgehead atoms. The molecule has 29 heavy (non-hydrogen) atoms. The van der Waals surface area contributed by atoms with E-state index in [-0.39, 0.29) is 18.6 Å². The Balaban J connectivity index is 1.66. The van der Waals surface area contributed by atoms with Crippen LogP contribution in [0.4, 0.5) is 0 Å². The minimum absolute atomic E-state index is 0.176. The standard InChI is InChI=1S/C20H21Cl2NO5S/c1-2-26-17-10-12(19-23-15(11-29-19)20(24)25)9-14(22)18(17)28-8-7-27-16-6-4-3-5-13(16)21/h3-6,9-10,15,19,23H,2,7-8,11H2,1H3,(H,24,25). The number of nitrogens with one attached hydrogen (secondary N) is 1. The van der Waals surface area contributed by atoms with Crippen LogP contribution in [0.25, 0.3) is 0 Å². The lowest BCUT2D eigenvalue weighted by Gasteiger charge is -2.18. The van der Waals surface area contributed by atoms with Crippen molar-refractivity contribution in [3.05, 3.63) is 52.0 Å². The highest BCUT2D eigenvalue weighted by molar-refractivity contribution is 7.99. The molecule has 1 heterocycles. The summed E-state index contributed by atoms with van der Waals surface area (Å²) in [4.78, 5) is 11.2. The number of aliphatic carboxylic acids is 1. The number of carboxylic acids is 1. The minimum Gasteiger partial charge on any atom is -0.490 e. The van der Waals surface area contributed by atoms with Gasteiger partial charge in [0.05, 0.1) is 22.0 Å². The van der Waals surface area contributed by atoms with E-state index in [1.807, 2.05) is 25.1 Å². The molecule has 1 fully saturated rings. The van der Waals surface area contributed by atoms with Crippen LogP contribution in [-0.2, 0) is 4.79 Å². The zero-order valence-corrected chi connectivity index (χ0v) is 18.0. The van der Waals surface area contributed by atoms with Crippen LogP contribution >= 0.6 is 35.0 Å². The molecule has 0 spiro atoms. The number of carboxylic acid groups (broad SMARTS) is 1. The lowest BCUT2D eigenvalue weighted by atomic mass is 10.2. The highest BCUT2D eigenvalue weighted by Crippen LogP contribution is 2.42. The average molecular weight is 458 g/mol. The fraction of sp³-hybridized carbons (Fsp3) is 0.350. The second-order valence-corrected chi connectivity index (χ2v) is 8.11. The van der Waals surface area contributed by atoms with Gasteiger partial charge in [-0.1, -0.05) is 35.3 Å². The average Bonchev–Trinajstić information content (AvgIpc) is 3.19. The molecule has 1 aliphatic rings. The number of benzene rings is 2. The lowest BCUT2D eigenvalue weighted by Crippen LogP contribution is -2.33. The highest BCUT2D eigenvalue weighted by atomic mass is 35.5. The van der Waals surface area contributed by atoms with Gasteiger partial charge >= 0.3 is 5.97 Å². The fourth-order valence-corrected chi connectivity index (χ4v) is 4.48. The zero-order valence-electron chi connectivity index (χ0n) is 15.7. The third kappa shape index (κ3) is 5.63. The predicted octanol–water partition coefficient (Wildman–Crippen LogP) is 4.64. The maximum Gasteiger partial charge on any atom is 0.321 e. The summed E-state index contributed by atoms with van der Waals surface area (Å²) < 4.78 is 17.1. The first-order valence-corrected chi connectivity index (χ1v) is 10.9. The van der Waals surface area contributed by atoms with Gasteiger partial charge in [0.1, 0.15) is 25.0 Å². The number of para-hydroxylation sites is 1. The summed E-state index contributed by atoms with van der Waals surface area (Å²) in [5.41, 5.74) is 0.840. The van der Waals surface area contributed by atoms with Crippen molar-refractivity contribution >= 4 is 40.9 Å². The summed E-state index contributed by atoms with van der Waals surface area (Å²) in [6.07, 6.45) is 0. The van der Waals surface area contributed by atoms with Crippen molar-refractivity contribution in [2.24, 2.45) is 0 Å².